The van der Waals surface area contributed by atoms with Crippen LogP contribution in [0.2, 0.25) is 0 Å². The van der Waals surface area contributed by atoms with Gasteiger partial charge in [0.25, 0.3) is 20.2 Å². The second-order valence-corrected chi connectivity index (χ2v) is 8.48. The summed E-state index contributed by atoms with van der Waals surface area (Å²) in [6, 6.07) is 0. The number of esters is 2. The molecule has 0 radical (unpaired) electrons. The van der Waals surface area contributed by atoms with Gasteiger partial charge in [-0.25, -0.2) is 0 Å². The van der Waals surface area contributed by atoms with Gasteiger partial charge >= 0.3 is 34.3 Å². The van der Waals surface area contributed by atoms with Crippen LogP contribution in [0.5, 0.6) is 0 Å². The van der Waals surface area contributed by atoms with Crippen molar-refractivity contribution in [1.82, 2.24) is 0 Å². The Morgan fingerprint density at radius 3 is 1.00 bits per heavy atom. The highest BCUT2D eigenvalue weighted by Crippen LogP contribution is 2.12. The quantitative estimate of drug-likeness (QED) is 0.114. The molecule has 28 heavy (non-hydrogen) atoms. The van der Waals surface area contributed by atoms with Crippen LogP contribution in [0.25, 0.3) is 0 Å². The van der Waals surface area contributed by atoms with Crippen molar-refractivity contribution in [3.8, 4) is 0 Å². The Labute approximate surface area is 156 Å². The van der Waals surface area contributed by atoms with Crippen molar-refractivity contribution < 1.29 is 77.6 Å². The molecule has 2 atom stereocenters. The van der Waals surface area contributed by atoms with Gasteiger partial charge in [0.1, 0.15) is 0 Å². The van der Waals surface area contributed by atoms with Gasteiger partial charge in [-0.05, 0) is 0 Å². The van der Waals surface area contributed by atoms with E-state index in [0.29, 0.717) is 0 Å². The summed E-state index contributed by atoms with van der Waals surface area (Å²) in [6.07, 6.45) is -3.03. The lowest BCUT2D eigenvalue weighted by Crippen LogP contribution is -2.40. The molecule has 0 saturated heterocycles. The van der Waals surface area contributed by atoms with Crippen LogP contribution in [0.15, 0.2) is 0 Å². The molecule has 0 aliphatic heterocycles. The number of carboxylic acids is 2. The van der Waals surface area contributed by atoms with Gasteiger partial charge in [-0.3, -0.25) is 37.4 Å². The molecule has 0 saturated carbocycles. The minimum absolute atomic E-state index is 1.51. The van der Waals surface area contributed by atoms with E-state index in [1.165, 1.54) is 0 Å². The lowest BCUT2D eigenvalue weighted by Gasteiger charge is -2.13. The molecule has 0 spiro atoms. The Hall–Kier alpha value is -2.23. The fourth-order valence-corrected chi connectivity index (χ4v) is 2.46. The summed E-state index contributed by atoms with van der Waals surface area (Å²) in [7, 11) is -15.3. The number of hydrogen-bond donors (Lipinski definition) is 6. The number of ether oxygens (including phenoxy) is 1. The van der Waals surface area contributed by atoms with Crippen molar-refractivity contribution in [3.05, 3.63) is 0 Å². The van der Waals surface area contributed by atoms with E-state index >= 15 is 0 Å². The molecule has 0 aromatic heterocycles. The van der Waals surface area contributed by atoms with Gasteiger partial charge in [0, 0.05) is 0 Å². The van der Waals surface area contributed by atoms with Gasteiger partial charge < -0.3 is 14.9 Å². The van der Waals surface area contributed by atoms with Crippen LogP contribution in [-0.4, -0.2) is 88.1 Å². The fraction of sp³-hybridized carbons (Fsp3) is 0.500. The zero-order valence-corrected chi connectivity index (χ0v) is 15.4. The lowest BCUT2D eigenvalue weighted by molar-refractivity contribution is -0.161. The highest BCUT2D eigenvalue weighted by molar-refractivity contribution is 7.87. The summed E-state index contributed by atoms with van der Waals surface area (Å²) >= 11 is 0. The summed E-state index contributed by atoms with van der Waals surface area (Å²) in [6.45, 7) is 0. The van der Waals surface area contributed by atoms with E-state index in [1.54, 1.807) is 0 Å². The number of hydrogen-bond acceptors (Lipinski definition) is 11. The molecule has 2 unspecified atom stereocenters. The van der Waals surface area contributed by atoms with E-state index in [4.69, 9.17) is 36.8 Å². The summed E-state index contributed by atoms with van der Waals surface area (Å²) in [5.41, 5.74) is 0. The number of rotatable bonds is 8. The summed E-state index contributed by atoms with van der Waals surface area (Å²) < 4.78 is 96.1. The van der Waals surface area contributed by atoms with E-state index < -0.39 is 77.9 Å². The third kappa shape index (κ3) is 13.9. The predicted octanol–water partition coefficient (Wildman–Crippen LogP) is -3.13. The van der Waals surface area contributed by atoms with E-state index in [1.807, 2.05) is 0 Å². The number of aliphatic carboxylic acids is 2. The Morgan fingerprint density at radius 1 is 0.643 bits per heavy atom. The first-order valence-electron chi connectivity index (χ1n) is 5.97. The molecule has 0 aliphatic carbocycles. The molecule has 0 aliphatic rings. The topological polar surface area (TPSA) is 301 Å². The maximum Gasteiger partial charge on any atom is 0.394 e. The molecule has 0 fully saturated rings. The van der Waals surface area contributed by atoms with Crippen LogP contribution in [0.1, 0.15) is 12.8 Å². The van der Waals surface area contributed by atoms with Crippen molar-refractivity contribution in [1.29, 1.82) is 0 Å². The van der Waals surface area contributed by atoms with E-state index in [0.717, 1.165) is 0 Å². The zero-order chi connectivity index (χ0) is 23.1. The normalized spacial score (nSPS) is 14.0. The van der Waals surface area contributed by atoms with Crippen molar-refractivity contribution in [3.63, 3.8) is 0 Å². The first-order chi connectivity index (χ1) is 12.2. The summed E-state index contributed by atoms with van der Waals surface area (Å²) in [5, 5.41) is 11.3. The SMILES string of the molecule is O=C(O)CC(C(=O)OC(=O)C(CC(=O)O)S(=O)(=O)O)S(=O)(=O)O.O=S(=O)(O)O. The Balaban J connectivity index is 0. The van der Waals surface area contributed by atoms with Gasteiger partial charge in [0.2, 0.25) is 0 Å². The van der Waals surface area contributed by atoms with E-state index in [-0.39, 0.29) is 0 Å². The summed E-state index contributed by atoms with van der Waals surface area (Å²) in [4.78, 5) is 43.6. The molecular weight excluding hydrogens is 464 g/mol. The minimum atomic E-state index is -5.32. The maximum absolute atomic E-state index is 11.4. The van der Waals surface area contributed by atoms with E-state index in [2.05, 4.69) is 4.74 Å². The van der Waals surface area contributed by atoms with Crippen molar-refractivity contribution >= 4 is 54.5 Å². The van der Waals surface area contributed by atoms with E-state index in [9.17, 15) is 36.0 Å². The average molecular weight is 476 g/mol. The monoisotopic (exact) mass is 476 g/mol. The number of carbonyl (C=O) groups excluding carboxylic acids is 2. The Kier molecular flexibility index (Phi) is 10.3. The van der Waals surface area contributed by atoms with Crippen molar-refractivity contribution in [2.24, 2.45) is 0 Å². The number of carboxylic acid groups (broad SMARTS) is 2. The van der Waals surface area contributed by atoms with Gasteiger partial charge in [0.05, 0.1) is 12.8 Å². The predicted molar refractivity (Wildman–Crippen MR) is 80.5 cm³/mol. The lowest BCUT2D eigenvalue weighted by atomic mass is 10.3. The van der Waals surface area contributed by atoms with Gasteiger partial charge in [-0.1, -0.05) is 0 Å². The van der Waals surface area contributed by atoms with Crippen LogP contribution in [0.3, 0.4) is 0 Å². The Morgan fingerprint density at radius 2 is 0.857 bits per heavy atom. The van der Waals surface area contributed by atoms with Crippen molar-refractivity contribution in [2.45, 2.75) is 23.3 Å². The molecule has 20 heteroatoms. The second kappa shape index (κ2) is 10.4. The smallest absolute Gasteiger partial charge is 0.394 e. The fourth-order valence-electron chi connectivity index (χ4n) is 1.17. The third-order valence-electron chi connectivity index (χ3n) is 2.17. The molecule has 0 aromatic carbocycles. The molecule has 0 heterocycles. The second-order valence-electron chi connectivity index (χ2n) is 4.39. The molecule has 0 bridgehead atoms. The highest BCUT2D eigenvalue weighted by atomic mass is 32.3. The first kappa shape index (κ1) is 28.0. The molecule has 0 rings (SSSR count). The van der Waals surface area contributed by atoms with Crippen LogP contribution >= 0.6 is 0 Å². The van der Waals surface area contributed by atoms with Gasteiger partial charge in [0.15, 0.2) is 10.5 Å². The van der Waals surface area contributed by atoms with Crippen LogP contribution in [-0.2, 0) is 54.6 Å². The Bertz CT molecular complexity index is 853. The average Bonchev–Trinajstić information content (AvgIpc) is 2.37. The largest absolute Gasteiger partial charge is 0.481 e. The maximum atomic E-state index is 11.4. The molecule has 0 aromatic rings. The summed E-state index contributed by atoms with van der Waals surface area (Å²) in [5.74, 6) is -8.07. The molecule has 0 amide bonds. The highest BCUT2D eigenvalue weighted by Gasteiger charge is 2.41. The molecule has 164 valence electrons. The first-order valence-corrected chi connectivity index (χ1v) is 10.4. The van der Waals surface area contributed by atoms with Gasteiger partial charge in [-0.2, -0.15) is 25.3 Å². The minimum Gasteiger partial charge on any atom is -0.481 e. The zero-order valence-electron chi connectivity index (χ0n) is 13.0. The van der Waals surface area contributed by atoms with Crippen molar-refractivity contribution in [2.75, 3.05) is 0 Å². The van der Waals surface area contributed by atoms with Crippen LogP contribution in [0, 0.1) is 0 Å². The van der Waals surface area contributed by atoms with Crippen LogP contribution < -0.4 is 0 Å². The standard InChI is InChI=1S/C8H10O13S2.H2O4S/c9-5(10)1-3(22(15,16)17)7(13)21-8(14)4(2-6(11)12)23(18,19)20;1-5(2,3)4/h3-4H,1-2H2,(H,9,10)(H,11,12)(H,15,16,17)(H,18,19,20);(H2,1,2,3,4). The van der Waals surface area contributed by atoms with Crippen LogP contribution in [0.4, 0.5) is 0 Å². The number of carbonyl (C=O) groups is 4. The third-order valence-corrected chi connectivity index (χ3v) is 4.32. The molecule has 6 N–H and O–H groups in total. The van der Waals surface area contributed by atoms with Gasteiger partial charge in [-0.15, -0.1) is 0 Å². The molecular formula is C8H12O17S3. The molecule has 17 nitrogen and oxygen atoms in total.